The molecule has 126 valence electrons. The summed E-state index contributed by atoms with van der Waals surface area (Å²) in [6.07, 6.45) is 0. The number of nitrogens with one attached hydrogen (secondary N) is 1. The summed E-state index contributed by atoms with van der Waals surface area (Å²) in [6.45, 7) is 6.04. The van der Waals surface area contributed by atoms with Crippen LogP contribution in [0.3, 0.4) is 0 Å². The molecule has 0 bridgehead atoms. The summed E-state index contributed by atoms with van der Waals surface area (Å²) in [5, 5.41) is 11.6. The summed E-state index contributed by atoms with van der Waals surface area (Å²) in [4.78, 5) is 22.9. The molecule has 0 heterocycles. The van der Waals surface area contributed by atoms with E-state index in [2.05, 4.69) is 25.2 Å². The predicted molar refractivity (Wildman–Crippen MR) is 92.8 cm³/mol. The van der Waals surface area contributed by atoms with E-state index >= 15 is 0 Å². The van der Waals surface area contributed by atoms with E-state index in [9.17, 15) is 9.59 Å². The van der Waals surface area contributed by atoms with E-state index in [-0.39, 0.29) is 18.1 Å². The minimum Gasteiger partial charge on any atom is -0.484 e. The standard InChI is InChI=1S/C19H21NO4/c1-12(2)15-7-13(3)8-17(10-15)24-11-18(21)20-16-6-4-5-14(9-16)19(22)23/h4-10,12H,11H2,1-3H3,(H,20,21)(H,22,23). The minimum absolute atomic E-state index is 0.119. The third-order valence-electron chi connectivity index (χ3n) is 3.50. The Labute approximate surface area is 141 Å². The molecular formula is C19H21NO4. The fourth-order valence-corrected chi connectivity index (χ4v) is 2.27. The third-order valence-corrected chi connectivity index (χ3v) is 3.50. The highest BCUT2D eigenvalue weighted by Gasteiger charge is 2.08. The number of benzene rings is 2. The molecule has 0 spiro atoms. The molecule has 0 fully saturated rings. The number of carboxylic acids is 1. The quantitative estimate of drug-likeness (QED) is 0.845. The number of carbonyl (C=O) groups is 2. The SMILES string of the molecule is Cc1cc(OCC(=O)Nc2cccc(C(=O)O)c2)cc(C(C)C)c1. The molecule has 1 amide bonds. The van der Waals surface area contributed by atoms with Crippen LogP contribution in [0.1, 0.15) is 41.3 Å². The first kappa shape index (κ1) is 17.5. The average Bonchev–Trinajstić information content (AvgIpc) is 2.52. The van der Waals surface area contributed by atoms with Crippen LogP contribution < -0.4 is 10.1 Å². The Kier molecular flexibility index (Phi) is 5.58. The summed E-state index contributed by atoms with van der Waals surface area (Å²) in [7, 11) is 0. The highest BCUT2D eigenvalue weighted by atomic mass is 16.5. The van der Waals surface area contributed by atoms with Gasteiger partial charge in [0.05, 0.1) is 5.56 Å². The largest absolute Gasteiger partial charge is 0.484 e. The molecule has 0 saturated carbocycles. The number of carboxylic acid groups (broad SMARTS) is 1. The molecule has 0 saturated heterocycles. The van der Waals surface area contributed by atoms with Crippen molar-refractivity contribution < 1.29 is 19.4 Å². The molecule has 0 aliphatic heterocycles. The number of carbonyl (C=O) groups excluding carboxylic acids is 1. The van der Waals surface area contributed by atoms with Gasteiger partial charge in [-0.05, 0) is 54.3 Å². The van der Waals surface area contributed by atoms with Crippen LogP contribution in [0.15, 0.2) is 42.5 Å². The molecule has 0 unspecified atom stereocenters. The molecule has 0 radical (unpaired) electrons. The van der Waals surface area contributed by atoms with Gasteiger partial charge in [0.25, 0.3) is 5.91 Å². The number of hydrogen-bond acceptors (Lipinski definition) is 3. The Balaban J connectivity index is 1.98. The van der Waals surface area contributed by atoms with Crippen LogP contribution in [0, 0.1) is 6.92 Å². The number of anilines is 1. The molecule has 0 atom stereocenters. The molecule has 0 aliphatic carbocycles. The molecule has 5 heteroatoms. The number of rotatable bonds is 6. The second-order valence-electron chi connectivity index (χ2n) is 5.96. The van der Waals surface area contributed by atoms with E-state index in [1.807, 2.05) is 19.1 Å². The monoisotopic (exact) mass is 327 g/mol. The zero-order chi connectivity index (χ0) is 17.7. The van der Waals surface area contributed by atoms with Gasteiger partial charge < -0.3 is 15.2 Å². The van der Waals surface area contributed by atoms with Crippen LogP contribution in [-0.2, 0) is 4.79 Å². The van der Waals surface area contributed by atoms with Crippen LogP contribution in [-0.4, -0.2) is 23.6 Å². The smallest absolute Gasteiger partial charge is 0.335 e. The van der Waals surface area contributed by atoms with Crippen LogP contribution >= 0.6 is 0 Å². The number of ether oxygens (including phenoxy) is 1. The van der Waals surface area contributed by atoms with Crippen molar-refractivity contribution in [3.05, 3.63) is 59.2 Å². The average molecular weight is 327 g/mol. The highest BCUT2D eigenvalue weighted by molar-refractivity contribution is 5.94. The second kappa shape index (κ2) is 7.64. The van der Waals surface area contributed by atoms with Gasteiger partial charge in [-0.25, -0.2) is 4.79 Å². The van der Waals surface area contributed by atoms with Crippen molar-refractivity contribution in [1.29, 1.82) is 0 Å². The van der Waals surface area contributed by atoms with Gasteiger partial charge in [0.1, 0.15) is 5.75 Å². The maximum absolute atomic E-state index is 12.0. The Morgan fingerprint density at radius 2 is 1.92 bits per heavy atom. The molecular weight excluding hydrogens is 306 g/mol. The Morgan fingerprint density at radius 3 is 2.58 bits per heavy atom. The van der Waals surface area contributed by atoms with E-state index in [0.29, 0.717) is 17.4 Å². The van der Waals surface area contributed by atoms with Crippen molar-refractivity contribution in [3.63, 3.8) is 0 Å². The second-order valence-corrected chi connectivity index (χ2v) is 5.96. The van der Waals surface area contributed by atoms with Crippen molar-refractivity contribution in [1.82, 2.24) is 0 Å². The molecule has 0 aliphatic rings. The van der Waals surface area contributed by atoms with Crippen LogP contribution in [0.2, 0.25) is 0 Å². The Hall–Kier alpha value is -2.82. The number of aryl methyl sites for hydroxylation is 1. The Bertz CT molecular complexity index is 753. The summed E-state index contributed by atoms with van der Waals surface area (Å²) >= 11 is 0. The van der Waals surface area contributed by atoms with Gasteiger partial charge in [-0.1, -0.05) is 26.0 Å². The van der Waals surface area contributed by atoms with Crippen molar-refractivity contribution in [3.8, 4) is 5.75 Å². The van der Waals surface area contributed by atoms with Gasteiger partial charge in [0.15, 0.2) is 6.61 Å². The first-order valence-electron chi connectivity index (χ1n) is 7.73. The van der Waals surface area contributed by atoms with E-state index in [1.165, 1.54) is 12.1 Å². The van der Waals surface area contributed by atoms with Crippen molar-refractivity contribution in [2.24, 2.45) is 0 Å². The lowest BCUT2D eigenvalue weighted by Crippen LogP contribution is -2.20. The van der Waals surface area contributed by atoms with E-state index in [4.69, 9.17) is 9.84 Å². The molecule has 5 nitrogen and oxygen atoms in total. The van der Waals surface area contributed by atoms with Crippen molar-refractivity contribution in [2.75, 3.05) is 11.9 Å². The summed E-state index contributed by atoms with van der Waals surface area (Å²) < 4.78 is 5.56. The van der Waals surface area contributed by atoms with Gasteiger partial charge in [0.2, 0.25) is 0 Å². The van der Waals surface area contributed by atoms with Crippen molar-refractivity contribution in [2.45, 2.75) is 26.7 Å². The fourth-order valence-electron chi connectivity index (χ4n) is 2.27. The highest BCUT2D eigenvalue weighted by Crippen LogP contribution is 2.22. The summed E-state index contributed by atoms with van der Waals surface area (Å²) in [5.41, 5.74) is 2.77. The van der Waals surface area contributed by atoms with Gasteiger partial charge >= 0.3 is 5.97 Å². The minimum atomic E-state index is -1.04. The zero-order valence-corrected chi connectivity index (χ0v) is 14.0. The van der Waals surface area contributed by atoms with Crippen LogP contribution in [0.25, 0.3) is 0 Å². The molecule has 2 N–H and O–H groups in total. The zero-order valence-electron chi connectivity index (χ0n) is 14.0. The first-order chi connectivity index (χ1) is 11.3. The van der Waals surface area contributed by atoms with E-state index in [0.717, 1.165) is 11.1 Å². The lowest BCUT2D eigenvalue weighted by Gasteiger charge is -2.12. The predicted octanol–water partition coefficient (Wildman–Crippen LogP) is 3.83. The van der Waals surface area contributed by atoms with Gasteiger partial charge in [-0.15, -0.1) is 0 Å². The van der Waals surface area contributed by atoms with Crippen LogP contribution in [0.4, 0.5) is 5.69 Å². The van der Waals surface area contributed by atoms with Gasteiger partial charge in [0, 0.05) is 5.69 Å². The summed E-state index contributed by atoms with van der Waals surface area (Å²) in [5.74, 6) is -0.360. The number of aromatic carboxylic acids is 1. The van der Waals surface area contributed by atoms with Gasteiger partial charge in [-0.3, -0.25) is 4.79 Å². The maximum Gasteiger partial charge on any atom is 0.335 e. The third kappa shape index (κ3) is 4.84. The molecule has 24 heavy (non-hydrogen) atoms. The number of hydrogen-bond donors (Lipinski definition) is 2. The molecule has 2 aromatic rings. The Morgan fingerprint density at radius 1 is 1.17 bits per heavy atom. The fraction of sp³-hybridized carbons (Fsp3) is 0.263. The lowest BCUT2D eigenvalue weighted by atomic mass is 10.0. The van der Waals surface area contributed by atoms with E-state index in [1.54, 1.807) is 12.1 Å². The topological polar surface area (TPSA) is 75.6 Å². The first-order valence-corrected chi connectivity index (χ1v) is 7.73. The molecule has 2 aromatic carbocycles. The molecule has 0 aromatic heterocycles. The van der Waals surface area contributed by atoms with Crippen LogP contribution in [0.5, 0.6) is 5.75 Å². The molecule has 2 rings (SSSR count). The normalized spacial score (nSPS) is 10.5. The lowest BCUT2D eigenvalue weighted by molar-refractivity contribution is -0.118. The summed E-state index contributed by atoms with van der Waals surface area (Å²) in [6, 6.07) is 12.0. The van der Waals surface area contributed by atoms with E-state index < -0.39 is 5.97 Å². The van der Waals surface area contributed by atoms with Gasteiger partial charge in [-0.2, -0.15) is 0 Å². The van der Waals surface area contributed by atoms with Crippen molar-refractivity contribution >= 4 is 17.6 Å². The number of amides is 1. The maximum atomic E-state index is 12.0.